The van der Waals surface area contributed by atoms with Gasteiger partial charge in [-0.3, -0.25) is 14.4 Å². The first-order chi connectivity index (χ1) is 22.0. The largest absolute Gasteiger partial charge is 0.481 e. The van der Waals surface area contributed by atoms with Gasteiger partial charge in [-0.15, -0.1) is 0 Å². The number of nitrogens with one attached hydrogen (secondary N) is 2. The van der Waals surface area contributed by atoms with Crippen LogP contribution < -0.4 is 10.6 Å². The highest BCUT2D eigenvalue weighted by Gasteiger charge is 2.59. The maximum absolute atomic E-state index is 12.8. The van der Waals surface area contributed by atoms with Crippen molar-refractivity contribution in [3.05, 3.63) is 0 Å². The molecular weight excluding hydrogens is 588 g/mol. The minimum atomic E-state index is -0.734. The third kappa shape index (κ3) is 11.2. The lowest BCUT2D eigenvalue weighted by Gasteiger charge is -2.54. The SMILES string of the molecule is CCCNC(=O)COCCOCCOCC(=O)NC1CCC(C)C2C[C@H](O)C3(C)C(CCC3[C@H](C)CCC(=O)O)C2CCC(C)C1. The second-order valence-electron chi connectivity index (χ2n) is 15.0. The predicted molar refractivity (Wildman–Crippen MR) is 177 cm³/mol. The average molecular weight is 653 g/mol. The molecule has 10 heteroatoms. The Kier molecular flexibility index (Phi) is 16.2. The number of carbonyl (C=O) groups is 3. The number of aliphatic hydroxyl groups is 1. The minimum absolute atomic E-state index is 0.00109. The summed E-state index contributed by atoms with van der Waals surface area (Å²) in [5.41, 5.74) is -0.145. The molecule has 10 atom stereocenters. The van der Waals surface area contributed by atoms with Gasteiger partial charge in [0.25, 0.3) is 0 Å². The normalized spacial score (nSPS) is 33.8. The Bertz CT molecular complexity index is 949. The number of amides is 2. The zero-order chi connectivity index (χ0) is 33.7. The number of hydrogen-bond acceptors (Lipinski definition) is 7. The summed E-state index contributed by atoms with van der Waals surface area (Å²) in [6, 6.07) is 0.109. The van der Waals surface area contributed by atoms with Crippen molar-refractivity contribution >= 4 is 17.8 Å². The first-order valence-corrected chi connectivity index (χ1v) is 18.2. The molecule has 0 radical (unpaired) electrons. The fraction of sp³-hybridized carbons (Fsp3) is 0.917. The van der Waals surface area contributed by atoms with E-state index in [1.54, 1.807) is 0 Å². The van der Waals surface area contributed by atoms with Gasteiger partial charge in [-0.25, -0.2) is 0 Å². The van der Waals surface area contributed by atoms with Gasteiger partial charge < -0.3 is 35.1 Å². The molecule has 3 rings (SSSR count). The zero-order valence-corrected chi connectivity index (χ0v) is 29.3. The van der Waals surface area contributed by atoms with E-state index in [0.717, 1.165) is 57.8 Å². The van der Waals surface area contributed by atoms with Crippen molar-refractivity contribution < 1.29 is 38.8 Å². The highest BCUT2D eigenvalue weighted by Crippen LogP contribution is 2.63. The van der Waals surface area contributed by atoms with Crippen LogP contribution in [-0.4, -0.2) is 86.3 Å². The van der Waals surface area contributed by atoms with E-state index in [1.807, 2.05) is 6.92 Å². The molecule has 0 aliphatic heterocycles. The monoisotopic (exact) mass is 652 g/mol. The smallest absolute Gasteiger partial charge is 0.303 e. The Hall–Kier alpha value is -1.75. The minimum Gasteiger partial charge on any atom is -0.481 e. The summed E-state index contributed by atoms with van der Waals surface area (Å²) in [5.74, 6) is 2.19. The van der Waals surface area contributed by atoms with Gasteiger partial charge in [-0.05, 0) is 105 Å². The molecule has 0 heterocycles. The molecule has 266 valence electrons. The summed E-state index contributed by atoms with van der Waals surface area (Å²) in [6.07, 6.45) is 9.61. The van der Waals surface area contributed by atoms with Gasteiger partial charge in [-0.2, -0.15) is 0 Å². The van der Waals surface area contributed by atoms with Crippen LogP contribution in [0, 0.1) is 46.8 Å². The molecule has 3 aliphatic rings. The fourth-order valence-corrected chi connectivity index (χ4v) is 9.19. The van der Waals surface area contributed by atoms with Crippen LogP contribution in [0.3, 0.4) is 0 Å². The van der Waals surface area contributed by atoms with Crippen LogP contribution in [0.1, 0.15) is 105 Å². The van der Waals surface area contributed by atoms with E-state index < -0.39 is 5.97 Å². The van der Waals surface area contributed by atoms with E-state index in [2.05, 4.69) is 38.3 Å². The van der Waals surface area contributed by atoms with Gasteiger partial charge in [0.2, 0.25) is 11.8 Å². The van der Waals surface area contributed by atoms with E-state index in [4.69, 9.17) is 14.2 Å². The Balaban J connectivity index is 1.43. The molecular formula is C36H64N2O8. The first kappa shape index (κ1) is 38.7. The molecule has 3 saturated carbocycles. The maximum Gasteiger partial charge on any atom is 0.303 e. The molecule has 0 aromatic rings. The van der Waals surface area contributed by atoms with Crippen LogP contribution in [0.15, 0.2) is 0 Å². The molecule has 0 saturated heterocycles. The quantitative estimate of drug-likeness (QED) is 0.164. The van der Waals surface area contributed by atoms with Crippen LogP contribution in [-0.2, 0) is 28.6 Å². The molecule has 0 aromatic heterocycles. The fourth-order valence-electron chi connectivity index (χ4n) is 9.19. The number of carboxylic acid groups (broad SMARTS) is 1. The molecule has 46 heavy (non-hydrogen) atoms. The van der Waals surface area contributed by atoms with E-state index in [9.17, 15) is 24.6 Å². The highest BCUT2D eigenvalue weighted by atomic mass is 16.5. The van der Waals surface area contributed by atoms with Gasteiger partial charge in [0.1, 0.15) is 13.2 Å². The maximum atomic E-state index is 12.8. The van der Waals surface area contributed by atoms with Gasteiger partial charge >= 0.3 is 5.97 Å². The number of hydrogen-bond donors (Lipinski definition) is 4. The van der Waals surface area contributed by atoms with Gasteiger partial charge in [0.05, 0.1) is 32.5 Å². The number of carbonyl (C=O) groups excluding carboxylic acids is 2. The van der Waals surface area contributed by atoms with Crippen LogP contribution in [0.25, 0.3) is 0 Å². The second-order valence-corrected chi connectivity index (χ2v) is 15.0. The van der Waals surface area contributed by atoms with Crippen LogP contribution in [0.4, 0.5) is 0 Å². The topological polar surface area (TPSA) is 143 Å². The van der Waals surface area contributed by atoms with Crippen molar-refractivity contribution in [2.75, 3.05) is 46.2 Å². The van der Waals surface area contributed by atoms with Crippen LogP contribution >= 0.6 is 0 Å². The molecule has 0 spiro atoms. The van der Waals surface area contributed by atoms with Crippen LogP contribution in [0.5, 0.6) is 0 Å². The summed E-state index contributed by atoms with van der Waals surface area (Å²) in [6.45, 7) is 13.2. The second kappa shape index (κ2) is 19.3. The molecule has 4 N–H and O–H groups in total. The van der Waals surface area contributed by atoms with Crippen molar-refractivity contribution in [2.45, 2.75) is 117 Å². The van der Waals surface area contributed by atoms with E-state index in [0.29, 0.717) is 80.8 Å². The molecule has 3 aliphatic carbocycles. The van der Waals surface area contributed by atoms with E-state index in [1.165, 1.54) is 0 Å². The summed E-state index contributed by atoms with van der Waals surface area (Å²) in [7, 11) is 0. The zero-order valence-electron chi connectivity index (χ0n) is 29.3. The van der Waals surface area contributed by atoms with E-state index >= 15 is 0 Å². The van der Waals surface area contributed by atoms with Crippen molar-refractivity contribution in [2.24, 2.45) is 46.8 Å². The molecule has 2 amide bonds. The number of ether oxygens (including phenoxy) is 3. The molecule has 8 unspecified atom stereocenters. The lowest BCUT2D eigenvalue weighted by Crippen LogP contribution is -2.53. The number of rotatable bonds is 17. The number of aliphatic carboxylic acids is 1. The summed E-state index contributed by atoms with van der Waals surface area (Å²) in [4.78, 5) is 35.5. The molecule has 10 nitrogen and oxygen atoms in total. The summed E-state index contributed by atoms with van der Waals surface area (Å²) in [5, 5.41) is 27.0. The van der Waals surface area contributed by atoms with Crippen molar-refractivity contribution in [1.29, 1.82) is 0 Å². The Morgan fingerprint density at radius 1 is 0.870 bits per heavy atom. The lowest BCUT2D eigenvalue weighted by molar-refractivity contribution is -0.138. The number of fused-ring (bicyclic) bond motifs is 3. The van der Waals surface area contributed by atoms with Gasteiger partial charge in [0.15, 0.2) is 0 Å². The molecule has 0 aromatic carbocycles. The Morgan fingerprint density at radius 2 is 1.54 bits per heavy atom. The number of carboxylic acids is 1. The number of aliphatic hydroxyl groups excluding tert-OH is 1. The summed E-state index contributed by atoms with van der Waals surface area (Å²) >= 11 is 0. The highest BCUT2D eigenvalue weighted by molar-refractivity contribution is 5.77. The van der Waals surface area contributed by atoms with E-state index in [-0.39, 0.29) is 49.0 Å². The van der Waals surface area contributed by atoms with Crippen LogP contribution in [0.2, 0.25) is 0 Å². The standard InChI is InChI=1S/C36H64N2O8/c1-6-15-37-33(40)22-45-18-16-44-17-19-46-23-34(41)38-27-10-8-25(3)29-21-32(39)36(5)30(26(4)9-14-35(42)43)12-13-31(36)28(29)11-7-24(2)20-27/h24-32,39H,6-23H2,1-5H3,(H,37,40)(H,38,41)(H,42,43)/t24?,25?,26-,27?,28?,29?,30?,31?,32+,36?/m1/s1. The first-order valence-electron chi connectivity index (χ1n) is 18.2. The Labute approximate surface area is 277 Å². The average Bonchev–Trinajstić information content (AvgIpc) is 3.38. The third-order valence-electron chi connectivity index (χ3n) is 11.7. The third-order valence-corrected chi connectivity index (χ3v) is 11.7. The van der Waals surface area contributed by atoms with Crippen molar-refractivity contribution in [3.63, 3.8) is 0 Å². The lowest BCUT2D eigenvalue weighted by atomic mass is 9.52. The molecule has 3 fully saturated rings. The van der Waals surface area contributed by atoms with Gasteiger partial charge in [0, 0.05) is 19.0 Å². The Morgan fingerprint density at radius 3 is 2.22 bits per heavy atom. The summed E-state index contributed by atoms with van der Waals surface area (Å²) < 4.78 is 16.3. The van der Waals surface area contributed by atoms with Gasteiger partial charge in [-0.1, -0.05) is 41.0 Å². The van der Waals surface area contributed by atoms with Crippen molar-refractivity contribution in [3.8, 4) is 0 Å². The molecule has 0 bridgehead atoms. The van der Waals surface area contributed by atoms with Crippen molar-refractivity contribution in [1.82, 2.24) is 10.6 Å². The predicted octanol–water partition coefficient (Wildman–Crippen LogP) is 4.81.